The topological polar surface area (TPSA) is 26.0 Å². The van der Waals surface area contributed by atoms with Crippen LogP contribution in [0.4, 0.5) is 0 Å². The van der Waals surface area contributed by atoms with Crippen molar-refractivity contribution in [2.24, 2.45) is 0 Å². The second-order valence-electron chi connectivity index (χ2n) is 14.8. The summed E-state index contributed by atoms with van der Waals surface area (Å²) < 4.78 is 6.51. The van der Waals surface area contributed by atoms with Crippen LogP contribution in [0.3, 0.4) is 0 Å². The summed E-state index contributed by atoms with van der Waals surface area (Å²) in [5.41, 5.74) is 17.3. The van der Waals surface area contributed by atoms with Gasteiger partial charge in [-0.05, 0) is 118 Å². The summed E-state index contributed by atoms with van der Waals surface area (Å²) in [6, 6.07) is 46.3. The van der Waals surface area contributed by atoms with Crippen molar-refractivity contribution in [3.63, 3.8) is 0 Å². The van der Waals surface area contributed by atoms with E-state index in [0.29, 0.717) is 5.92 Å². The Balaban J connectivity index is 1.03. The molecule has 55 heavy (non-hydrogen) atoms. The standard InChI is InChI=1S/C53H41NO/c1-4-12-36(13-5-1)38-22-28-41(29-23-38)46-34-49(42-16-8-3-9-17-42)54-50(35-46)47-20-11-21-52-53(47)48-33-45(30-31-51(48)55-52)40-26-24-39(25-27-40)44-19-10-18-43(32-44)37-14-6-2-7-15-37/h2-4,6-8,10-16,18,20-35,44H,1,5,9,17,19H2. The molecule has 3 aliphatic carbocycles. The second kappa shape index (κ2) is 14.4. The van der Waals surface area contributed by atoms with Gasteiger partial charge in [-0.1, -0.05) is 152 Å². The van der Waals surface area contributed by atoms with Crippen molar-refractivity contribution < 1.29 is 4.42 Å². The molecule has 2 heteroatoms. The van der Waals surface area contributed by atoms with E-state index >= 15 is 0 Å². The Bertz CT molecular complexity index is 2750. The molecule has 1 atom stereocenters. The molecule has 0 bridgehead atoms. The Morgan fingerprint density at radius 3 is 2.13 bits per heavy atom. The summed E-state index contributed by atoms with van der Waals surface area (Å²) in [6.45, 7) is 0. The number of benzene rings is 5. The zero-order valence-corrected chi connectivity index (χ0v) is 30.8. The molecule has 10 rings (SSSR count). The maximum absolute atomic E-state index is 6.51. The first-order valence-electron chi connectivity index (χ1n) is 19.6. The molecule has 0 fully saturated rings. The smallest absolute Gasteiger partial charge is 0.136 e. The maximum atomic E-state index is 6.51. The van der Waals surface area contributed by atoms with Crippen LogP contribution in [0, 0.1) is 0 Å². The number of rotatable bonds is 7. The molecule has 2 aromatic heterocycles. The lowest BCUT2D eigenvalue weighted by molar-refractivity contribution is 0.669. The molecule has 7 aromatic rings. The Hall–Kier alpha value is -6.51. The lowest BCUT2D eigenvalue weighted by atomic mass is 9.87. The first-order chi connectivity index (χ1) is 27.2. The first-order valence-corrected chi connectivity index (χ1v) is 19.6. The first kappa shape index (κ1) is 33.1. The van der Waals surface area contributed by atoms with Gasteiger partial charge in [0.05, 0.1) is 11.4 Å². The monoisotopic (exact) mass is 707 g/mol. The third-order valence-electron chi connectivity index (χ3n) is 11.3. The number of furan rings is 1. The van der Waals surface area contributed by atoms with Gasteiger partial charge in [-0.3, -0.25) is 0 Å². The molecule has 0 aliphatic heterocycles. The van der Waals surface area contributed by atoms with E-state index in [9.17, 15) is 0 Å². The highest BCUT2D eigenvalue weighted by molar-refractivity contribution is 6.13. The van der Waals surface area contributed by atoms with Gasteiger partial charge in [0.2, 0.25) is 0 Å². The van der Waals surface area contributed by atoms with E-state index in [1.54, 1.807) is 0 Å². The van der Waals surface area contributed by atoms with E-state index in [-0.39, 0.29) is 0 Å². The third kappa shape index (κ3) is 6.55. The van der Waals surface area contributed by atoms with E-state index < -0.39 is 0 Å². The van der Waals surface area contributed by atoms with Gasteiger partial charge < -0.3 is 4.42 Å². The zero-order chi connectivity index (χ0) is 36.6. The quantitative estimate of drug-likeness (QED) is 0.165. The number of aromatic nitrogens is 1. The lowest BCUT2D eigenvalue weighted by Gasteiger charge is -2.18. The van der Waals surface area contributed by atoms with Crippen molar-refractivity contribution in [3.8, 4) is 33.5 Å². The molecule has 0 amide bonds. The predicted octanol–water partition coefficient (Wildman–Crippen LogP) is 14.6. The fourth-order valence-corrected chi connectivity index (χ4v) is 8.38. The normalized spacial score (nSPS) is 16.7. The summed E-state index contributed by atoms with van der Waals surface area (Å²) in [4.78, 5) is 5.37. The van der Waals surface area contributed by atoms with Gasteiger partial charge in [0.15, 0.2) is 0 Å². The summed E-state index contributed by atoms with van der Waals surface area (Å²) in [5, 5.41) is 2.20. The fraction of sp³-hybridized carbons (Fsp3) is 0.113. The van der Waals surface area contributed by atoms with E-state index in [2.05, 4.69) is 182 Å². The second-order valence-corrected chi connectivity index (χ2v) is 14.8. The van der Waals surface area contributed by atoms with E-state index in [1.807, 2.05) is 0 Å². The Morgan fingerprint density at radius 2 is 1.31 bits per heavy atom. The van der Waals surface area contributed by atoms with Gasteiger partial charge in [0, 0.05) is 22.3 Å². The van der Waals surface area contributed by atoms with E-state index in [0.717, 1.165) is 71.0 Å². The van der Waals surface area contributed by atoms with Gasteiger partial charge >= 0.3 is 0 Å². The van der Waals surface area contributed by atoms with Crippen LogP contribution in [0.2, 0.25) is 0 Å². The molecule has 3 aliphatic rings. The zero-order valence-electron chi connectivity index (χ0n) is 30.8. The largest absolute Gasteiger partial charge is 0.456 e. The summed E-state index contributed by atoms with van der Waals surface area (Å²) in [5.74, 6) is 0.357. The Kier molecular flexibility index (Phi) is 8.65. The SMILES string of the molecule is C1=CCCC(c2cc(-c3ccc(C4=CCCC=C4)cc3)cc(-c3cccc4oc5ccc(-c6ccc(C7C=C(c8ccccc8)C=CC7)cc6)cc5c34)n2)=C1. The van der Waals surface area contributed by atoms with Crippen LogP contribution < -0.4 is 0 Å². The molecule has 2 nitrogen and oxygen atoms in total. The maximum Gasteiger partial charge on any atom is 0.136 e. The summed E-state index contributed by atoms with van der Waals surface area (Å²) >= 11 is 0. The number of hydrogen-bond acceptors (Lipinski definition) is 2. The van der Waals surface area contributed by atoms with Gasteiger partial charge in [-0.25, -0.2) is 4.98 Å². The molecular weight excluding hydrogens is 667 g/mol. The van der Waals surface area contributed by atoms with Gasteiger partial charge in [-0.2, -0.15) is 0 Å². The number of hydrogen-bond donors (Lipinski definition) is 0. The van der Waals surface area contributed by atoms with E-state index in [4.69, 9.17) is 9.40 Å². The minimum absolute atomic E-state index is 0.357. The molecule has 0 saturated carbocycles. The van der Waals surface area contributed by atoms with Crippen LogP contribution in [0.25, 0.3) is 72.2 Å². The molecule has 1 unspecified atom stereocenters. The van der Waals surface area contributed by atoms with Crippen LogP contribution in [0.15, 0.2) is 186 Å². The van der Waals surface area contributed by atoms with Crippen molar-refractivity contribution in [1.82, 2.24) is 4.98 Å². The van der Waals surface area contributed by atoms with Crippen molar-refractivity contribution in [2.45, 2.75) is 38.0 Å². The minimum atomic E-state index is 0.357. The average Bonchev–Trinajstić information content (AvgIpc) is 3.66. The molecule has 0 saturated heterocycles. The molecule has 5 aromatic carbocycles. The third-order valence-corrected chi connectivity index (χ3v) is 11.3. The van der Waals surface area contributed by atoms with Crippen molar-refractivity contribution in [3.05, 3.63) is 204 Å². The van der Waals surface area contributed by atoms with Crippen LogP contribution >= 0.6 is 0 Å². The van der Waals surface area contributed by atoms with Crippen molar-refractivity contribution in [2.75, 3.05) is 0 Å². The molecule has 0 spiro atoms. The molecular formula is C53H41NO. The van der Waals surface area contributed by atoms with Gasteiger partial charge in [0.1, 0.15) is 11.2 Å². The lowest BCUT2D eigenvalue weighted by Crippen LogP contribution is -1.99. The van der Waals surface area contributed by atoms with Gasteiger partial charge in [0.25, 0.3) is 0 Å². The van der Waals surface area contributed by atoms with E-state index in [1.165, 1.54) is 55.7 Å². The van der Waals surface area contributed by atoms with Crippen molar-refractivity contribution >= 4 is 38.7 Å². The number of pyridine rings is 1. The predicted molar refractivity (Wildman–Crippen MR) is 231 cm³/mol. The van der Waals surface area contributed by atoms with Crippen molar-refractivity contribution in [1.29, 1.82) is 0 Å². The highest BCUT2D eigenvalue weighted by Gasteiger charge is 2.18. The Labute approximate surface area is 322 Å². The van der Waals surface area contributed by atoms with Crippen LogP contribution in [-0.2, 0) is 0 Å². The molecule has 264 valence electrons. The number of nitrogens with zero attached hydrogens (tertiary/aromatic N) is 1. The highest BCUT2D eigenvalue weighted by atomic mass is 16.3. The van der Waals surface area contributed by atoms with Crippen LogP contribution in [0.5, 0.6) is 0 Å². The summed E-state index contributed by atoms with van der Waals surface area (Å²) in [7, 11) is 0. The average molecular weight is 708 g/mol. The van der Waals surface area contributed by atoms with Crippen LogP contribution in [-0.4, -0.2) is 4.98 Å². The Morgan fingerprint density at radius 1 is 0.545 bits per heavy atom. The summed E-state index contributed by atoms with van der Waals surface area (Å²) in [6.07, 6.45) is 25.7. The molecule has 0 N–H and O–H groups in total. The molecule has 0 radical (unpaired) electrons. The molecule has 2 heterocycles. The number of fused-ring (bicyclic) bond motifs is 3. The number of allylic oxidation sites excluding steroid dienone is 12. The highest BCUT2D eigenvalue weighted by Crippen LogP contribution is 2.41. The van der Waals surface area contributed by atoms with Crippen LogP contribution in [0.1, 0.15) is 60.4 Å². The minimum Gasteiger partial charge on any atom is -0.456 e. The fourth-order valence-electron chi connectivity index (χ4n) is 8.38. The van der Waals surface area contributed by atoms with Gasteiger partial charge in [-0.15, -0.1) is 0 Å².